The molecule has 10 heteroatoms. The molecule has 2 aliphatic rings. The van der Waals surface area contributed by atoms with Crippen LogP contribution in [0.5, 0.6) is 0 Å². The van der Waals surface area contributed by atoms with Crippen LogP contribution in [0.15, 0.2) is 45.6 Å². The topological polar surface area (TPSA) is 106 Å². The largest absolute Gasteiger partial charge is 0.454 e. The monoisotopic (exact) mass is 424 g/mol. The zero-order valence-electron chi connectivity index (χ0n) is 15.9. The van der Waals surface area contributed by atoms with E-state index in [1.807, 2.05) is 16.8 Å². The smallest absolute Gasteiger partial charge is 0.354 e. The van der Waals surface area contributed by atoms with E-state index in [0.717, 1.165) is 5.56 Å². The first-order valence-corrected chi connectivity index (χ1v) is 10.2. The number of para-hydroxylation sites is 1. The number of esters is 1. The normalized spacial score (nSPS) is 20.3. The maximum absolute atomic E-state index is 13.2. The van der Waals surface area contributed by atoms with Crippen LogP contribution in [0.1, 0.15) is 29.0 Å². The van der Waals surface area contributed by atoms with Crippen LogP contribution >= 0.6 is 11.3 Å². The minimum absolute atomic E-state index is 0.131. The third-order valence-corrected chi connectivity index (χ3v) is 6.12. The highest BCUT2D eigenvalue weighted by Gasteiger charge is 2.60. The molecule has 152 valence electrons. The number of ether oxygens (including phenoxy) is 1. The van der Waals surface area contributed by atoms with E-state index in [-0.39, 0.29) is 37.1 Å². The van der Waals surface area contributed by atoms with Gasteiger partial charge in [0.1, 0.15) is 0 Å². The van der Waals surface area contributed by atoms with Gasteiger partial charge in [0.15, 0.2) is 6.61 Å². The van der Waals surface area contributed by atoms with Gasteiger partial charge in [0, 0.05) is 25.3 Å². The molecule has 4 heterocycles. The van der Waals surface area contributed by atoms with Gasteiger partial charge in [-0.3, -0.25) is 14.5 Å². The lowest BCUT2D eigenvalue weighted by molar-refractivity contribution is -0.158. The highest BCUT2D eigenvalue weighted by molar-refractivity contribution is 7.08. The summed E-state index contributed by atoms with van der Waals surface area (Å²) in [5, 5.41) is 7.59. The van der Waals surface area contributed by atoms with Gasteiger partial charge in [0.25, 0.3) is 11.8 Å². The van der Waals surface area contributed by atoms with Crippen LogP contribution < -0.4 is 4.90 Å². The van der Waals surface area contributed by atoms with Crippen molar-refractivity contribution in [3.8, 4) is 11.5 Å². The molecule has 3 aromatic rings. The van der Waals surface area contributed by atoms with Gasteiger partial charge in [0.2, 0.25) is 17.4 Å². The lowest BCUT2D eigenvalue weighted by Gasteiger charge is -2.46. The van der Waals surface area contributed by atoms with Crippen molar-refractivity contribution in [2.45, 2.75) is 25.1 Å². The Bertz CT molecular complexity index is 1160. The second-order valence-electron chi connectivity index (χ2n) is 7.03. The van der Waals surface area contributed by atoms with Gasteiger partial charge >= 0.3 is 5.97 Å². The van der Waals surface area contributed by atoms with E-state index >= 15 is 0 Å². The first kappa shape index (κ1) is 18.5. The number of benzene rings is 1. The van der Waals surface area contributed by atoms with E-state index in [4.69, 9.17) is 9.26 Å². The second kappa shape index (κ2) is 6.77. The molecule has 0 spiro atoms. The Balaban J connectivity index is 1.43. The van der Waals surface area contributed by atoms with Crippen LogP contribution in [0.4, 0.5) is 5.69 Å². The minimum Gasteiger partial charge on any atom is -0.454 e. The van der Waals surface area contributed by atoms with Crippen LogP contribution in [0.2, 0.25) is 0 Å². The predicted molar refractivity (Wildman–Crippen MR) is 105 cm³/mol. The Morgan fingerprint density at radius 3 is 2.93 bits per heavy atom. The molecule has 2 amide bonds. The average Bonchev–Trinajstić information content (AvgIpc) is 3.50. The number of hydrogen-bond acceptors (Lipinski definition) is 8. The van der Waals surface area contributed by atoms with Crippen molar-refractivity contribution >= 4 is 34.8 Å². The number of anilines is 1. The van der Waals surface area contributed by atoms with Crippen molar-refractivity contribution in [3.05, 3.63) is 52.5 Å². The molecule has 0 unspecified atom stereocenters. The number of nitrogens with zero attached hydrogens (tertiary/aromatic N) is 4. The van der Waals surface area contributed by atoms with Gasteiger partial charge in [-0.2, -0.15) is 16.3 Å². The van der Waals surface area contributed by atoms with Gasteiger partial charge in [-0.25, -0.2) is 4.79 Å². The van der Waals surface area contributed by atoms with Crippen LogP contribution in [-0.2, 0) is 20.9 Å². The molecule has 0 aliphatic carbocycles. The number of hydrogen-bond donors (Lipinski definition) is 0. The first-order chi connectivity index (χ1) is 14.5. The number of amides is 2. The van der Waals surface area contributed by atoms with Crippen LogP contribution in [0.25, 0.3) is 11.5 Å². The van der Waals surface area contributed by atoms with Crippen molar-refractivity contribution in [2.24, 2.45) is 0 Å². The summed E-state index contributed by atoms with van der Waals surface area (Å²) in [6.07, 6.45) is 0.277. The van der Waals surface area contributed by atoms with E-state index < -0.39 is 11.6 Å². The maximum Gasteiger partial charge on any atom is 0.354 e. The molecule has 5 rings (SSSR count). The van der Waals surface area contributed by atoms with Crippen LogP contribution in [0, 0.1) is 0 Å². The lowest BCUT2D eigenvalue weighted by Crippen LogP contribution is -2.67. The van der Waals surface area contributed by atoms with Gasteiger partial charge in [-0.15, -0.1) is 0 Å². The lowest BCUT2D eigenvalue weighted by atomic mass is 9.97. The van der Waals surface area contributed by atoms with Gasteiger partial charge in [0.05, 0.1) is 16.8 Å². The van der Waals surface area contributed by atoms with Crippen molar-refractivity contribution in [3.63, 3.8) is 0 Å². The summed E-state index contributed by atoms with van der Waals surface area (Å²) in [5.74, 6) is -0.759. The second-order valence-corrected chi connectivity index (χ2v) is 7.81. The van der Waals surface area contributed by atoms with E-state index in [1.54, 1.807) is 24.3 Å². The number of carbonyl (C=O) groups excluding carboxylic acids is 3. The molecule has 0 N–H and O–H groups in total. The maximum atomic E-state index is 13.2. The third kappa shape index (κ3) is 2.57. The van der Waals surface area contributed by atoms with Crippen molar-refractivity contribution < 1.29 is 23.6 Å². The van der Waals surface area contributed by atoms with Crippen molar-refractivity contribution in [2.75, 3.05) is 11.9 Å². The van der Waals surface area contributed by atoms with E-state index in [2.05, 4.69) is 10.1 Å². The number of rotatable bonds is 4. The summed E-state index contributed by atoms with van der Waals surface area (Å²) in [4.78, 5) is 45.7. The number of thiophene rings is 1. The molecule has 1 aromatic carbocycles. The molecule has 1 atom stereocenters. The van der Waals surface area contributed by atoms with Crippen LogP contribution in [-0.4, -0.2) is 45.5 Å². The first-order valence-electron chi connectivity index (χ1n) is 9.25. The molecular weight excluding hydrogens is 408 g/mol. The molecule has 1 fully saturated rings. The Kier molecular flexibility index (Phi) is 4.17. The highest BCUT2D eigenvalue weighted by Crippen LogP contribution is 2.44. The average molecular weight is 424 g/mol. The van der Waals surface area contributed by atoms with E-state index in [1.165, 1.54) is 28.2 Å². The zero-order valence-corrected chi connectivity index (χ0v) is 16.7. The molecule has 2 aromatic heterocycles. The van der Waals surface area contributed by atoms with Crippen LogP contribution in [0.3, 0.4) is 0 Å². The molecule has 0 bridgehead atoms. The molecule has 30 heavy (non-hydrogen) atoms. The highest BCUT2D eigenvalue weighted by atomic mass is 32.1. The summed E-state index contributed by atoms with van der Waals surface area (Å²) in [7, 11) is 1.51. The van der Waals surface area contributed by atoms with Gasteiger partial charge in [-0.1, -0.05) is 17.3 Å². The van der Waals surface area contributed by atoms with Crippen molar-refractivity contribution in [1.29, 1.82) is 0 Å². The van der Waals surface area contributed by atoms with E-state index in [9.17, 15) is 14.4 Å². The van der Waals surface area contributed by atoms with E-state index in [0.29, 0.717) is 17.1 Å². The van der Waals surface area contributed by atoms with Gasteiger partial charge in [-0.05, 0) is 23.6 Å². The molecule has 2 aliphatic heterocycles. The minimum atomic E-state index is -1.53. The zero-order chi connectivity index (χ0) is 20.9. The SMILES string of the molecule is CN1C(=O)c2ccccc2N2C(=O)CC[C@]12C(=O)OCc1noc(-c2ccsc2)n1. The summed E-state index contributed by atoms with van der Waals surface area (Å²) in [5.41, 5.74) is 0.0460. The number of carbonyl (C=O) groups is 3. The van der Waals surface area contributed by atoms with Crippen molar-refractivity contribution in [1.82, 2.24) is 15.0 Å². The van der Waals surface area contributed by atoms with Gasteiger partial charge < -0.3 is 14.2 Å². The fraction of sp³-hybridized carbons (Fsp3) is 0.250. The Hall–Kier alpha value is -3.53. The predicted octanol–water partition coefficient (Wildman–Crippen LogP) is 2.45. The number of fused-ring (bicyclic) bond motifs is 3. The Labute approximate surface area is 174 Å². The fourth-order valence-corrected chi connectivity index (χ4v) is 4.58. The Morgan fingerprint density at radius 2 is 2.13 bits per heavy atom. The summed E-state index contributed by atoms with van der Waals surface area (Å²) >= 11 is 1.50. The molecular formula is C20H16N4O5S. The number of likely N-dealkylation sites (N-methyl/N-ethyl adjacent to an activating group) is 1. The third-order valence-electron chi connectivity index (χ3n) is 5.44. The Morgan fingerprint density at radius 1 is 1.30 bits per heavy atom. The molecule has 0 saturated carbocycles. The quantitative estimate of drug-likeness (QED) is 0.592. The number of aromatic nitrogens is 2. The fourth-order valence-electron chi connectivity index (χ4n) is 3.95. The summed E-state index contributed by atoms with van der Waals surface area (Å²) < 4.78 is 10.7. The summed E-state index contributed by atoms with van der Waals surface area (Å²) in [6.45, 7) is -0.236. The molecule has 9 nitrogen and oxygen atoms in total. The standard InChI is InChI=1S/C20H16N4O5S/c1-23-18(26)13-4-2-3-5-14(13)24-16(25)6-8-20(23,24)19(27)28-10-15-21-17(29-22-15)12-7-9-30-11-12/h2-5,7,9,11H,6,8,10H2,1H3/t20-/m0/s1. The molecule has 1 saturated heterocycles. The molecule has 0 radical (unpaired) electrons. The summed E-state index contributed by atoms with van der Waals surface area (Å²) in [6, 6.07) is 8.59.